The van der Waals surface area contributed by atoms with Crippen molar-refractivity contribution in [2.24, 2.45) is 0 Å². The Labute approximate surface area is 76.6 Å². The van der Waals surface area contributed by atoms with Gasteiger partial charge < -0.3 is 10.6 Å². The first-order valence-corrected chi connectivity index (χ1v) is 4.08. The molecule has 0 bridgehead atoms. The molecule has 5 nitrogen and oxygen atoms in total. The summed E-state index contributed by atoms with van der Waals surface area (Å²) in [5.74, 6) is 0. The van der Waals surface area contributed by atoms with E-state index in [2.05, 4.69) is 10.2 Å². The highest BCUT2D eigenvalue weighted by Crippen LogP contribution is 1.97. The molecule has 0 unspecified atom stereocenters. The number of nitrogens with zero attached hydrogens (tertiary/aromatic N) is 2. The van der Waals surface area contributed by atoms with Crippen molar-refractivity contribution >= 4 is 5.69 Å². The molecule has 72 valence electrons. The molecule has 0 spiro atoms. The Balaban J connectivity index is 2.69. The summed E-state index contributed by atoms with van der Waals surface area (Å²) in [5.41, 5.74) is 6.14. The summed E-state index contributed by atoms with van der Waals surface area (Å²) in [4.78, 5) is 12.9. The van der Waals surface area contributed by atoms with Gasteiger partial charge in [-0.15, -0.1) is 0 Å². The summed E-state index contributed by atoms with van der Waals surface area (Å²) in [6.45, 7) is 0.887. The topological polar surface area (TPSA) is 75.0 Å². The van der Waals surface area contributed by atoms with E-state index < -0.39 is 0 Å². The van der Waals surface area contributed by atoms with Crippen LogP contribution in [0.15, 0.2) is 10.9 Å². The van der Waals surface area contributed by atoms with Gasteiger partial charge in [-0.2, -0.15) is 5.10 Å². The minimum Gasteiger partial charge on any atom is -0.394 e. The Bertz CT molecular complexity index is 331. The Morgan fingerprint density at radius 2 is 2.31 bits per heavy atom. The van der Waals surface area contributed by atoms with Crippen LogP contribution in [0.4, 0.5) is 5.69 Å². The number of aromatic nitrogens is 2. The van der Waals surface area contributed by atoms with Crippen LogP contribution in [-0.4, -0.2) is 35.7 Å². The average molecular weight is 182 g/mol. The van der Waals surface area contributed by atoms with Gasteiger partial charge in [0.15, 0.2) is 0 Å². The van der Waals surface area contributed by atoms with Crippen molar-refractivity contribution in [2.75, 3.05) is 26.4 Å². The number of nitrogen functional groups attached to an aromatic ring is 1. The third kappa shape index (κ3) is 2.87. The fourth-order valence-electron chi connectivity index (χ4n) is 0.931. The quantitative estimate of drug-likeness (QED) is 0.658. The van der Waals surface area contributed by atoms with Crippen LogP contribution in [0.25, 0.3) is 0 Å². The molecule has 5 heteroatoms. The number of rotatable bonds is 3. The lowest BCUT2D eigenvalue weighted by molar-refractivity contribution is 0.411. The van der Waals surface area contributed by atoms with Crippen LogP contribution in [0.2, 0.25) is 0 Å². The second-order valence-corrected chi connectivity index (χ2v) is 3.20. The fourth-order valence-corrected chi connectivity index (χ4v) is 0.931. The van der Waals surface area contributed by atoms with E-state index in [9.17, 15) is 4.79 Å². The van der Waals surface area contributed by atoms with Crippen LogP contribution >= 0.6 is 0 Å². The number of nitrogens with one attached hydrogen (secondary N) is 1. The minimum atomic E-state index is -0.325. The summed E-state index contributed by atoms with van der Waals surface area (Å²) < 4.78 is 0. The third-order valence-electron chi connectivity index (χ3n) is 1.70. The van der Waals surface area contributed by atoms with Crippen molar-refractivity contribution in [1.29, 1.82) is 0 Å². The highest BCUT2D eigenvalue weighted by atomic mass is 16.1. The molecule has 0 saturated heterocycles. The van der Waals surface area contributed by atoms with Crippen LogP contribution in [0.5, 0.6) is 0 Å². The lowest BCUT2D eigenvalue weighted by Gasteiger charge is -2.07. The van der Waals surface area contributed by atoms with Gasteiger partial charge in [-0.1, -0.05) is 0 Å². The first-order valence-electron chi connectivity index (χ1n) is 4.08. The third-order valence-corrected chi connectivity index (χ3v) is 1.70. The van der Waals surface area contributed by atoms with Gasteiger partial charge >= 0.3 is 0 Å². The fraction of sp³-hybridized carbons (Fsp3) is 0.500. The zero-order valence-corrected chi connectivity index (χ0v) is 7.87. The molecule has 0 fully saturated rings. The van der Waals surface area contributed by atoms with Crippen LogP contribution in [0.1, 0.15) is 5.69 Å². The van der Waals surface area contributed by atoms with E-state index >= 15 is 0 Å². The van der Waals surface area contributed by atoms with Crippen molar-refractivity contribution in [3.05, 3.63) is 22.1 Å². The molecule has 0 aliphatic heterocycles. The van der Waals surface area contributed by atoms with Gasteiger partial charge in [0.05, 0.1) is 5.69 Å². The van der Waals surface area contributed by atoms with Gasteiger partial charge in [0.2, 0.25) is 0 Å². The van der Waals surface area contributed by atoms with Crippen molar-refractivity contribution in [3.8, 4) is 0 Å². The highest BCUT2D eigenvalue weighted by Gasteiger charge is 1.99. The van der Waals surface area contributed by atoms with Crippen molar-refractivity contribution in [1.82, 2.24) is 15.1 Å². The van der Waals surface area contributed by atoms with Crippen LogP contribution in [-0.2, 0) is 6.42 Å². The molecule has 0 saturated carbocycles. The number of nitrogens with two attached hydrogens (primary N) is 1. The maximum Gasteiger partial charge on any atom is 0.287 e. The lowest BCUT2D eigenvalue weighted by Crippen LogP contribution is -2.19. The molecule has 0 aromatic carbocycles. The highest BCUT2D eigenvalue weighted by molar-refractivity contribution is 5.34. The van der Waals surface area contributed by atoms with E-state index in [-0.39, 0.29) is 11.2 Å². The summed E-state index contributed by atoms with van der Waals surface area (Å²) in [6.07, 6.45) is 0.786. The van der Waals surface area contributed by atoms with Crippen LogP contribution < -0.4 is 11.3 Å². The molecule has 1 rings (SSSR count). The van der Waals surface area contributed by atoms with Gasteiger partial charge in [-0.25, -0.2) is 5.10 Å². The number of likely N-dealkylation sites (N-methyl/N-ethyl adjacent to an activating group) is 1. The van der Waals surface area contributed by atoms with E-state index in [0.29, 0.717) is 0 Å². The van der Waals surface area contributed by atoms with Gasteiger partial charge in [-0.3, -0.25) is 4.79 Å². The Hall–Kier alpha value is -1.36. The molecule has 0 atom stereocenters. The molecule has 3 N–H and O–H groups in total. The molecule has 0 amide bonds. The first-order chi connectivity index (χ1) is 6.09. The number of anilines is 1. The summed E-state index contributed by atoms with van der Waals surface area (Å²) >= 11 is 0. The predicted molar refractivity (Wildman–Crippen MR) is 51.5 cm³/mol. The summed E-state index contributed by atoms with van der Waals surface area (Å²) in [5, 5.41) is 6.21. The Kier molecular flexibility index (Phi) is 3.02. The largest absolute Gasteiger partial charge is 0.394 e. The first kappa shape index (κ1) is 9.73. The second kappa shape index (κ2) is 4.04. The van der Waals surface area contributed by atoms with E-state index in [0.717, 1.165) is 18.7 Å². The zero-order chi connectivity index (χ0) is 9.84. The van der Waals surface area contributed by atoms with Gasteiger partial charge in [0.25, 0.3) is 5.56 Å². The van der Waals surface area contributed by atoms with Crippen molar-refractivity contribution < 1.29 is 0 Å². The van der Waals surface area contributed by atoms with Crippen molar-refractivity contribution in [2.45, 2.75) is 6.42 Å². The maximum atomic E-state index is 10.9. The van der Waals surface area contributed by atoms with E-state index in [1.165, 1.54) is 0 Å². The van der Waals surface area contributed by atoms with E-state index in [4.69, 9.17) is 5.73 Å². The molecular formula is C8H14N4O. The van der Waals surface area contributed by atoms with E-state index in [1.54, 1.807) is 6.07 Å². The van der Waals surface area contributed by atoms with Gasteiger partial charge in [0.1, 0.15) is 5.69 Å². The number of H-pyrrole nitrogens is 1. The maximum absolute atomic E-state index is 10.9. The summed E-state index contributed by atoms with van der Waals surface area (Å²) in [6, 6.07) is 1.61. The lowest BCUT2D eigenvalue weighted by atomic mass is 10.2. The Morgan fingerprint density at radius 1 is 1.62 bits per heavy atom. The zero-order valence-electron chi connectivity index (χ0n) is 7.87. The number of aromatic amines is 1. The van der Waals surface area contributed by atoms with Crippen LogP contribution in [0.3, 0.4) is 0 Å². The SMILES string of the molecule is CN(C)CCc1cc(N)c(=O)[nH]n1. The number of hydrogen-bond donors (Lipinski definition) is 2. The normalized spacial score (nSPS) is 10.7. The number of hydrogen-bond acceptors (Lipinski definition) is 4. The molecule has 0 aliphatic rings. The minimum absolute atomic E-state index is 0.226. The van der Waals surface area contributed by atoms with Crippen LogP contribution in [0, 0.1) is 0 Å². The monoisotopic (exact) mass is 182 g/mol. The Morgan fingerprint density at radius 3 is 2.85 bits per heavy atom. The standard InChI is InChI=1S/C8H14N4O/c1-12(2)4-3-6-5-7(9)8(13)11-10-6/h5H,3-4H2,1-2H3,(H2,9,10)(H,11,13). The predicted octanol–water partition coefficient (Wildman–Crippen LogP) is -0.544. The average Bonchev–Trinajstić information content (AvgIpc) is 2.07. The molecule has 0 aliphatic carbocycles. The summed E-state index contributed by atoms with van der Waals surface area (Å²) in [7, 11) is 3.96. The second-order valence-electron chi connectivity index (χ2n) is 3.20. The molecular weight excluding hydrogens is 168 g/mol. The molecule has 1 aromatic heterocycles. The van der Waals surface area contributed by atoms with E-state index in [1.807, 2.05) is 19.0 Å². The van der Waals surface area contributed by atoms with Gasteiger partial charge in [0, 0.05) is 13.0 Å². The van der Waals surface area contributed by atoms with Gasteiger partial charge in [-0.05, 0) is 20.2 Å². The van der Waals surface area contributed by atoms with Crippen molar-refractivity contribution in [3.63, 3.8) is 0 Å². The molecule has 1 aromatic rings. The molecule has 1 heterocycles. The smallest absolute Gasteiger partial charge is 0.287 e. The molecule has 13 heavy (non-hydrogen) atoms. The molecule has 0 radical (unpaired) electrons.